The SMILES string of the molecule is CC1(C)CCC(CCCCNc2cccc(S(=O)(=O)NC(=O)c3ccc(-n4ccc(OCCC5(C)CC5)n4)nc3Cl)n2)C1.CC1(CCOc2ccn(-c3ccc4c(n3)N3C(CCCCNc5cccc(c5)S(=O)(=O)NC4=O)CCC3(C)C)n2)CC1. The fourth-order valence-corrected chi connectivity index (χ4v) is 13.8. The van der Waals surface area contributed by atoms with Crippen molar-refractivity contribution in [2.75, 3.05) is 41.8 Å². The first-order chi connectivity index (χ1) is 40.4. The van der Waals surface area contributed by atoms with Gasteiger partial charge in [-0.2, -0.15) is 8.42 Å². The third-order valence-corrected chi connectivity index (χ3v) is 20.4. The molecule has 3 saturated carbocycles. The van der Waals surface area contributed by atoms with E-state index in [0.717, 1.165) is 70.3 Å². The van der Waals surface area contributed by atoms with Crippen molar-refractivity contribution in [1.82, 2.24) is 44.0 Å². The maximum absolute atomic E-state index is 13.7. The predicted molar refractivity (Wildman–Crippen MR) is 328 cm³/mol. The van der Waals surface area contributed by atoms with Crippen LogP contribution < -0.4 is 34.5 Å². The molecule has 0 radical (unpaired) electrons. The fraction of sp³-hybridized carbons (Fsp3) is 0.532. The fourth-order valence-electron chi connectivity index (χ4n) is 11.6. The molecule has 85 heavy (non-hydrogen) atoms. The third-order valence-electron chi connectivity index (χ3n) is 17.5. The number of ether oxygens (including phenoxy) is 2. The average molecular weight is 1220 g/mol. The second-order valence-electron chi connectivity index (χ2n) is 25.8. The molecular formula is C62H81ClN12O8S2. The van der Waals surface area contributed by atoms with Gasteiger partial charge in [0.1, 0.15) is 16.8 Å². The second kappa shape index (κ2) is 25.3. The molecule has 6 aromatic rings. The minimum absolute atomic E-state index is 0.0287. The zero-order chi connectivity index (χ0) is 60.2. The highest BCUT2D eigenvalue weighted by atomic mass is 35.5. The number of benzene rings is 1. The van der Waals surface area contributed by atoms with E-state index in [1.165, 1.54) is 80.3 Å². The lowest BCUT2D eigenvalue weighted by atomic mass is 9.89. The smallest absolute Gasteiger partial charge is 0.281 e. The molecule has 456 valence electrons. The Kier molecular flexibility index (Phi) is 18.2. The number of pyridine rings is 3. The zero-order valence-electron chi connectivity index (χ0n) is 49.7. The summed E-state index contributed by atoms with van der Waals surface area (Å²) in [6, 6.07) is 21.2. The van der Waals surface area contributed by atoms with E-state index in [9.17, 15) is 26.4 Å². The molecule has 23 heteroatoms. The van der Waals surface area contributed by atoms with E-state index in [-0.39, 0.29) is 37.8 Å². The molecule has 4 N–H and O–H groups in total. The van der Waals surface area contributed by atoms with Gasteiger partial charge in [0.25, 0.3) is 31.9 Å². The van der Waals surface area contributed by atoms with E-state index < -0.39 is 31.9 Å². The van der Waals surface area contributed by atoms with Crippen molar-refractivity contribution in [3.05, 3.63) is 108 Å². The number of carbonyl (C=O) groups excluding carboxylic acids is 2. The van der Waals surface area contributed by atoms with Gasteiger partial charge in [0.05, 0.1) is 29.2 Å². The normalized spacial score (nSPS) is 20.6. The maximum atomic E-state index is 13.7. The number of nitrogens with zero attached hydrogens (tertiary/aromatic N) is 8. The molecule has 2 bridgehead atoms. The van der Waals surface area contributed by atoms with E-state index in [0.29, 0.717) is 76.7 Å². The standard InChI is InChI=1S/C31H41ClN6O4S.C31H40N6O4S/c1-30(2)14-12-22(21-30)7-4-5-18-33-24-8-6-9-27(34-24)43(40,41)37-29(39)23-10-11-25(35-28(23)32)38-19-13-26(36-38)42-20-17-31(3)15-16-31;1-30(2)14-12-23-8-4-5-18-32-22-7-6-9-24(21-22)42(39,40)35-29(38)25-10-11-26(33-28(25)37(23)30)36-19-13-27(34-36)41-20-17-31(3)15-16-31/h6,8-11,13,19,22H,4-5,7,12,14-18,20-21H2,1-3H3,(H,33,34)(H,37,39);6-7,9-11,13,19,21,23,32H,4-5,8,12,14-18,20H2,1-3H3,(H,35,38). The number of carbonyl (C=O) groups is 2. The number of amides is 2. The first-order valence-electron chi connectivity index (χ1n) is 30.0. The lowest BCUT2D eigenvalue weighted by Gasteiger charge is -2.38. The molecule has 20 nitrogen and oxygen atoms in total. The lowest BCUT2D eigenvalue weighted by Crippen LogP contribution is -2.45. The van der Waals surface area contributed by atoms with Gasteiger partial charge >= 0.3 is 0 Å². The minimum Gasteiger partial charge on any atom is -0.477 e. The zero-order valence-corrected chi connectivity index (χ0v) is 52.1. The molecule has 1 saturated heterocycles. The van der Waals surface area contributed by atoms with Crippen molar-refractivity contribution in [2.24, 2.45) is 22.2 Å². The number of anilines is 3. The Morgan fingerprint density at radius 1 is 0.765 bits per heavy atom. The second-order valence-corrected chi connectivity index (χ2v) is 29.5. The first kappa shape index (κ1) is 61.3. The van der Waals surface area contributed by atoms with Crippen LogP contribution in [0.2, 0.25) is 5.15 Å². The van der Waals surface area contributed by atoms with E-state index in [2.05, 4.69) is 86.7 Å². The molecule has 5 aliphatic rings. The average Bonchev–Trinajstić information content (AvgIpc) is 3.65. The molecule has 2 unspecified atom stereocenters. The monoisotopic (exact) mass is 1220 g/mol. The number of rotatable bonds is 19. The van der Waals surface area contributed by atoms with Gasteiger partial charge in [-0.25, -0.2) is 42.2 Å². The molecule has 1 aromatic carbocycles. The van der Waals surface area contributed by atoms with Crippen LogP contribution in [0.1, 0.15) is 171 Å². The molecule has 0 spiro atoms. The molecule has 7 heterocycles. The van der Waals surface area contributed by atoms with Crippen LogP contribution in [0, 0.1) is 22.2 Å². The van der Waals surface area contributed by atoms with Crippen LogP contribution in [-0.2, 0) is 20.0 Å². The van der Waals surface area contributed by atoms with Crippen LogP contribution in [0.4, 0.5) is 17.3 Å². The van der Waals surface area contributed by atoms with E-state index in [1.807, 2.05) is 12.1 Å². The summed E-state index contributed by atoms with van der Waals surface area (Å²) in [6.07, 6.45) is 22.4. The summed E-state index contributed by atoms with van der Waals surface area (Å²) < 4.78 is 71.7. The molecule has 2 atom stereocenters. The van der Waals surface area contributed by atoms with Crippen LogP contribution in [0.15, 0.2) is 101 Å². The minimum atomic E-state index is -4.25. The van der Waals surface area contributed by atoms with E-state index >= 15 is 0 Å². The van der Waals surface area contributed by atoms with Crippen molar-refractivity contribution in [1.29, 1.82) is 0 Å². The molecule has 2 amide bonds. The highest BCUT2D eigenvalue weighted by Gasteiger charge is 2.43. The molecular weight excluding hydrogens is 1140 g/mol. The predicted octanol–water partition coefficient (Wildman–Crippen LogP) is 11.7. The topological polar surface area (TPSA) is 247 Å². The maximum Gasteiger partial charge on any atom is 0.281 e. The van der Waals surface area contributed by atoms with Crippen molar-refractivity contribution in [2.45, 2.75) is 172 Å². The largest absolute Gasteiger partial charge is 0.477 e. The summed E-state index contributed by atoms with van der Waals surface area (Å²) in [6.45, 7) is 16.1. The highest BCUT2D eigenvalue weighted by Crippen LogP contribution is 2.49. The Bertz CT molecular complexity index is 3600. The molecule has 3 aliphatic carbocycles. The number of sulfonamides is 2. The van der Waals surface area contributed by atoms with Gasteiger partial charge < -0.3 is 25.0 Å². The molecule has 5 aromatic heterocycles. The first-order valence-corrected chi connectivity index (χ1v) is 33.3. The van der Waals surface area contributed by atoms with Gasteiger partial charge in [-0.15, -0.1) is 10.2 Å². The third kappa shape index (κ3) is 15.8. The molecule has 4 fully saturated rings. The van der Waals surface area contributed by atoms with E-state index in [4.69, 9.17) is 26.1 Å². The Morgan fingerprint density at radius 3 is 2.09 bits per heavy atom. The van der Waals surface area contributed by atoms with Gasteiger partial charge in [-0.1, -0.05) is 64.3 Å². The molecule has 2 aliphatic heterocycles. The summed E-state index contributed by atoms with van der Waals surface area (Å²) in [7, 11) is -8.37. The summed E-state index contributed by atoms with van der Waals surface area (Å²) >= 11 is 6.30. The summed E-state index contributed by atoms with van der Waals surface area (Å²) in [5.74, 6) is 1.97. The Labute approximate surface area is 505 Å². The Morgan fingerprint density at radius 2 is 1.44 bits per heavy atom. The van der Waals surface area contributed by atoms with Crippen molar-refractivity contribution < 1.29 is 35.9 Å². The van der Waals surface area contributed by atoms with Gasteiger partial charge in [0.2, 0.25) is 11.8 Å². The van der Waals surface area contributed by atoms with Crippen LogP contribution in [0.25, 0.3) is 11.6 Å². The highest BCUT2D eigenvalue weighted by molar-refractivity contribution is 7.90. The number of unbranched alkanes of at least 4 members (excludes halogenated alkanes) is 1. The van der Waals surface area contributed by atoms with Crippen molar-refractivity contribution in [3.63, 3.8) is 0 Å². The van der Waals surface area contributed by atoms with Gasteiger partial charge in [0, 0.05) is 54.9 Å². The number of fused-ring (bicyclic) bond motifs is 5. The summed E-state index contributed by atoms with van der Waals surface area (Å²) in [4.78, 5) is 42.3. The summed E-state index contributed by atoms with van der Waals surface area (Å²) in [5, 5.41) is 15.1. The lowest BCUT2D eigenvalue weighted by molar-refractivity contribution is 0.0972. The van der Waals surface area contributed by atoms with Crippen molar-refractivity contribution >= 4 is 60.8 Å². The van der Waals surface area contributed by atoms with Crippen LogP contribution in [0.3, 0.4) is 0 Å². The summed E-state index contributed by atoms with van der Waals surface area (Å²) in [5.41, 5.74) is 1.82. The Hall–Kier alpha value is -6.78. The van der Waals surface area contributed by atoms with Crippen LogP contribution in [0.5, 0.6) is 11.8 Å². The number of aromatic nitrogens is 7. The van der Waals surface area contributed by atoms with Gasteiger partial charge in [-0.05, 0) is 187 Å². The van der Waals surface area contributed by atoms with Crippen molar-refractivity contribution in [3.8, 4) is 23.4 Å². The van der Waals surface area contributed by atoms with Crippen LogP contribution in [-0.4, -0.2) is 101 Å². The van der Waals surface area contributed by atoms with Crippen LogP contribution >= 0.6 is 11.6 Å². The van der Waals surface area contributed by atoms with Gasteiger partial charge in [-0.3, -0.25) is 9.59 Å². The number of nitrogens with one attached hydrogen (secondary N) is 4. The molecule has 11 rings (SSSR count). The number of hydrogen-bond donors (Lipinski definition) is 4. The van der Waals surface area contributed by atoms with E-state index in [1.54, 1.807) is 59.5 Å². The number of halogens is 1. The Balaban J connectivity index is 0.000000189. The number of hydrogen-bond acceptors (Lipinski definition) is 16. The van der Waals surface area contributed by atoms with Gasteiger partial charge in [0.15, 0.2) is 16.7 Å². The quantitative estimate of drug-likeness (QED) is 0.0435.